The molecule has 1 fully saturated rings. The maximum absolute atomic E-state index is 12.0. The monoisotopic (exact) mass is 286 g/mol. The molecule has 0 aliphatic carbocycles. The Morgan fingerprint density at radius 2 is 2.05 bits per heavy atom. The van der Waals surface area contributed by atoms with Crippen molar-refractivity contribution >= 4 is 21.8 Å². The van der Waals surface area contributed by atoms with Gasteiger partial charge in [0.15, 0.2) is 0 Å². The minimum absolute atomic E-state index is 0.114. The molecule has 0 saturated carbocycles. The molecule has 1 aromatic rings. The van der Waals surface area contributed by atoms with Gasteiger partial charge in [-0.15, -0.1) is 0 Å². The summed E-state index contributed by atoms with van der Waals surface area (Å²) < 4.78 is 34.4. The fraction of sp³-hybridized carbons (Fsp3) is 0.417. The molecule has 0 spiro atoms. The molecule has 1 heterocycles. The first kappa shape index (κ1) is 12.4. The minimum Gasteiger partial charge on any atom is -0.479 e. The molecule has 0 radical (unpaired) electrons. The number of nitrogens with zero attached hydrogens (tertiary/aromatic N) is 1. The number of hydrogen-bond donors (Lipinski definition) is 2. The van der Waals surface area contributed by atoms with E-state index in [0.29, 0.717) is 12.1 Å². The van der Waals surface area contributed by atoms with Crippen molar-refractivity contribution in [2.75, 3.05) is 11.4 Å². The Kier molecular flexibility index (Phi) is 2.94. The number of rotatable bonds is 4. The summed E-state index contributed by atoms with van der Waals surface area (Å²) in [5.74, 6) is -1.53. The zero-order valence-electron chi connectivity index (χ0n) is 11.4. The van der Waals surface area contributed by atoms with Gasteiger partial charge < -0.3 is 10.0 Å². The van der Waals surface area contributed by atoms with Gasteiger partial charge in [0.1, 0.15) is 0 Å². The number of benzene rings is 1. The minimum atomic E-state index is -4.57. The number of anilines is 1. The van der Waals surface area contributed by atoms with Gasteiger partial charge in [0.2, 0.25) is 1.43 Å². The van der Waals surface area contributed by atoms with Gasteiger partial charge in [-0.1, -0.05) is 17.7 Å². The van der Waals surface area contributed by atoms with Crippen molar-refractivity contribution in [3.05, 3.63) is 29.8 Å². The molecule has 7 heteroatoms. The summed E-state index contributed by atoms with van der Waals surface area (Å²) >= 11 is 0. The fourth-order valence-corrected chi connectivity index (χ4v) is 3.52. The number of carboxylic acid groups (broad SMARTS) is 1. The smallest absolute Gasteiger partial charge is 0.348 e. The lowest BCUT2D eigenvalue weighted by atomic mass is 10.1. The molecular formula is C12H15NO5S. The van der Waals surface area contributed by atoms with E-state index in [1.54, 1.807) is 24.3 Å². The molecular weight excluding hydrogens is 270 g/mol. The van der Waals surface area contributed by atoms with Gasteiger partial charge in [0.05, 0.1) is 0 Å². The van der Waals surface area contributed by atoms with Gasteiger partial charge in [0.25, 0.3) is 4.87 Å². The molecule has 0 aromatic heterocycles. The Hall–Kier alpha value is -1.60. The summed E-state index contributed by atoms with van der Waals surface area (Å²) in [4.78, 5) is 10.6. The largest absolute Gasteiger partial charge is 0.479 e. The van der Waals surface area contributed by atoms with Crippen LogP contribution in [0.4, 0.5) is 5.69 Å². The second-order valence-electron chi connectivity index (χ2n) is 4.63. The predicted molar refractivity (Wildman–Crippen MR) is 69.7 cm³/mol. The first-order valence-corrected chi connectivity index (χ1v) is 7.23. The average molecular weight is 286 g/mol. The number of carbonyl (C=O) groups is 1. The SMILES string of the molecule is [2H]OS(=O)(=O)[C@@]1(C(=O)O)CCCN1c1ccc(C)cc1. The van der Waals surface area contributed by atoms with E-state index in [1.807, 2.05) is 6.92 Å². The molecule has 0 unspecified atom stereocenters. The summed E-state index contributed by atoms with van der Waals surface area (Å²) in [6, 6.07) is 6.87. The van der Waals surface area contributed by atoms with Crippen molar-refractivity contribution in [1.29, 1.82) is 1.43 Å². The van der Waals surface area contributed by atoms with Crippen molar-refractivity contribution in [2.24, 2.45) is 0 Å². The second kappa shape index (κ2) is 4.50. The summed E-state index contributed by atoms with van der Waals surface area (Å²) in [6.45, 7) is 2.15. The van der Waals surface area contributed by atoms with Crippen LogP contribution in [-0.4, -0.2) is 35.5 Å². The molecule has 6 nitrogen and oxygen atoms in total. The van der Waals surface area contributed by atoms with Crippen LogP contribution in [0.2, 0.25) is 0 Å². The van der Waals surface area contributed by atoms with E-state index in [9.17, 15) is 18.3 Å². The standard InChI is InChI=1S/C12H15NO5S/c1-9-3-5-10(6-4-9)13-8-2-7-12(13,11(14)15)19(16,17)18/h3-6H,2,7-8H2,1H3,(H,14,15)(H,16,17,18)/t12-/m1/s1/i/hD. The van der Waals surface area contributed by atoms with Gasteiger partial charge in [-0.2, -0.15) is 8.42 Å². The van der Waals surface area contributed by atoms with Crippen LogP contribution in [0.1, 0.15) is 18.4 Å². The highest BCUT2D eigenvalue weighted by molar-refractivity contribution is 7.88. The Labute approximate surface area is 112 Å². The molecule has 19 heavy (non-hydrogen) atoms. The molecule has 1 aromatic carbocycles. The lowest BCUT2D eigenvalue weighted by Gasteiger charge is -2.33. The quantitative estimate of drug-likeness (QED) is 0.809. The van der Waals surface area contributed by atoms with Crippen LogP contribution in [0, 0.1) is 6.92 Å². The summed E-state index contributed by atoms with van der Waals surface area (Å²) in [7, 11) is -4.57. The topological polar surface area (TPSA) is 94.9 Å². The van der Waals surface area contributed by atoms with Crippen LogP contribution < -0.4 is 4.90 Å². The number of aliphatic carboxylic acids is 1. The van der Waals surface area contributed by atoms with Crippen LogP contribution in [0.25, 0.3) is 1.43 Å². The molecule has 1 aliphatic rings. The molecule has 1 saturated heterocycles. The first-order chi connectivity index (χ1) is 9.35. The third kappa shape index (κ3) is 2.08. The van der Waals surface area contributed by atoms with Crippen molar-refractivity contribution in [1.82, 2.24) is 0 Å². The maximum atomic E-state index is 12.0. The normalized spacial score (nSPS) is 24.3. The van der Waals surface area contributed by atoms with Crippen LogP contribution in [0.15, 0.2) is 24.3 Å². The van der Waals surface area contributed by atoms with Gasteiger partial charge in [-0.25, -0.2) is 4.79 Å². The van der Waals surface area contributed by atoms with Crippen molar-refractivity contribution < 1.29 is 22.9 Å². The molecule has 2 rings (SSSR count). The summed E-state index contributed by atoms with van der Waals surface area (Å²) in [5, 5.41) is 9.43. The van der Waals surface area contributed by atoms with E-state index < -0.39 is 21.0 Å². The Balaban J connectivity index is 2.57. The molecule has 1 aliphatic heterocycles. The maximum Gasteiger partial charge on any atom is 0.348 e. The van der Waals surface area contributed by atoms with Crippen molar-refractivity contribution in [2.45, 2.75) is 24.6 Å². The third-order valence-corrected chi connectivity index (χ3v) is 4.85. The lowest BCUT2D eigenvalue weighted by Crippen LogP contribution is -2.56. The third-order valence-electron chi connectivity index (χ3n) is 3.43. The van der Waals surface area contributed by atoms with E-state index in [-0.39, 0.29) is 13.0 Å². The van der Waals surface area contributed by atoms with Gasteiger partial charge in [0, 0.05) is 18.7 Å². The second-order valence-corrected chi connectivity index (χ2v) is 6.22. The van der Waals surface area contributed by atoms with E-state index in [1.165, 1.54) is 4.90 Å². The van der Waals surface area contributed by atoms with Crippen LogP contribution in [-0.2, 0) is 14.9 Å². The van der Waals surface area contributed by atoms with Crippen molar-refractivity contribution in [3.8, 4) is 0 Å². The molecule has 2 N–H and O–H groups in total. The first-order valence-electron chi connectivity index (χ1n) is 6.23. The average Bonchev–Trinajstić information content (AvgIpc) is 2.86. The highest BCUT2D eigenvalue weighted by Gasteiger charge is 2.58. The van der Waals surface area contributed by atoms with Gasteiger partial charge >= 0.3 is 16.1 Å². The Morgan fingerprint density at radius 1 is 1.42 bits per heavy atom. The highest BCUT2D eigenvalue weighted by atomic mass is 32.2. The van der Waals surface area contributed by atoms with Gasteiger partial charge in [-0.3, -0.25) is 4.56 Å². The van der Waals surface area contributed by atoms with E-state index in [4.69, 9.17) is 1.43 Å². The fourth-order valence-electron chi connectivity index (χ4n) is 2.44. The van der Waals surface area contributed by atoms with Crippen molar-refractivity contribution in [3.63, 3.8) is 0 Å². The Bertz CT molecular complexity index is 615. The number of carboxylic acids is 1. The van der Waals surface area contributed by atoms with E-state index in [2.05, 4.69) is 4.56 Å². The summed E-state index contributed by atoms with van der Waals surface area (Å²) in [5.41, 5.74) is 1.46. The zero-order chi connectivity index (χ0) is 15.0. The number of hydrogen-bond acceptors (Lipinski definition) is 5. The van der Waals surface area contributed by atoms with Crippen LogP contribution >= 0.6 is 0 Å². The molecule has 1 atom stereocenters. The van der Waals surface area contributed by atoms with Gasteiger partial charge in [-0.05, 0) is 25.5 Å². The zero-order valence-corrected chi connectivity index (χ0v) is 11.2. The molecule has 0 bridgehead atoms. The summed E-state index contributed by atoms with van der Waals surface area (Å²) in [6.07, 6.45) is 0.278. The lowest BCUT2D eigenvalue weighted by molar-refractivity contribution is -0.139. The Morgan fingerprint density at radius 3 is 2.58 bits per heavy atom. The predicted octanol–water partition coefficient (Wildman–Crippen LogP) is 1.26. The van der Waals surface area contributed by atoms with E-state index in [0.717, 1.165) is 5.56 Å². The van der Waals surface area contributed by atoms with Crippen LogP contribution in [0.5, 0.6) is 0 Å². The van der Waals surface area contributed by atoms with Crippen LogP contribution in [0.3, 0.4) is 0 Å². The van der Waals surface area contributed by atoms with E-state index >= 15 is 0 Å². The number of aryl methyl sites for hydroxylation is 1. The molecule has 104 valence electrons. The molecule has 0 amide bonds. The highest BCUT2D eigenvalue weighted by Crippen LogP contribution is 2.38.